The number of benzene rings is 2. The zero-order chi connectivity index (χ0) is 23.5. The number of aromatic nitrogens is 3. The van der Waals surface area contributed by atoms with E-state index in [-0.39, 0.29) is 17.2 Å². The number of para-hydroxylation sites is 1. The van der Waals surface area contributed by atoms with E-state index in [0.717, 1.165) is 31.0 Å². The van der Waals surface area contributed by atoms with Crippen LogP contribution in [0.3, 0.4) is 0 Å². The van der Waals surface area contributed by atoms with Crippen molar-refractivity contribution in [2.75, 3.05) is 31.9 Å². The average Bonchev–Trinajstić information content (AvgIpc) is 3.25. The number of carbonyl (C=O) groups is 1. The zero-order valence-electron chi connectivity index (χ0n) is 19.1. The molecular formula is C26H27N5O2S. The number of amides is 1. The van der Waals surface area contributed by atoms with Gasteiger partial charge in [-0.25, -0.2) is 4.98 Å². The van der Waals surface area contributed by atoms with E-state index in [1.54, 1.807) is 4.57 Å². The molecule has 0 atom stereocenters. The van der Waals surface area contributed by atoms with Crippen molar-refractivity contribution in [2.24, 2.45) is 0 Å². The van der Waals surface area contributed by atoms with Gasteiger partial charge in [-0.05, 0) is 30.7 Å². The number of rotatable bonds is 6. The van der Waals surface area contributed by atoms with E-state index < -0.39 is 0 Å². The number of thioether (sulfide) groups is 1. The van der Waals surface area contributed by atoms with Crippen LogP contribution in [-0.4, -0.2) is 62.2 Å². The van der Waals surface area contributed by atoms with E-state index in [1.807, 2.05) is 54.3 Å². The third kappa shape index (κ3) is 4.78. The van der Waals surface area contributed by atoms with Gasteiger partial charge in [0.05, 0.1) is 17.0 Å². The molecule has 2 aromatic heterocycles. The van der Waals surface area contributed by atoms with Crippen molar-refractivity contribution in [3.8, 4) is 5.69 Å². The van der Waals surface area contributed by atoms with Gasteiger partial charge in [0, 0.05) is 38.4 Å². The Hall–Kier alpha value is -3.36. The molecule has 1 aliphatic heterocycles. The van der Waals surface area contributed by atoms with Gasteiger partial charge in [-0.2, -0.15) is 0 Å². The van der Waals surface area contributed by atoms with Crippen molar-refractivity contribution in [1.82, 2.24) is 24.3 Å². The van der Waals surface area contributed by atoms with E-state index in [0.29, 0.717) is 29.3 Å². The number of aryl methyl sites for hydroxylation is 1. The van der Waals surface area contributed by atoms with Gasteiger partial charge in [-0.1, -0.05) is 60.3 Å². The molecule has 1 fully saturated rings. The van der Waals surface area contributed by atoms with Crippen molar-refractivity contribution < 1.29 is 4.79 Å². The van der Waals surface area contributed by atoms with E-state index in [2.05, 4.69) is 34.1 Å². The predicted octanol–water partition coefficient (Wildman–Crippen LogP) is 3.46. The van der Waals surface area contributed by atoms with E-state index in [9.17, 15) is 9.59 Å². The van der Waals surface area contributed by atoms with Crippen molar-refractivity contribution in [1.29, 1.82) is 0 Å². The SMILES string of the molecule is Cc1cc2nc(SCC(=O)N3CCN(Cc4ccccc4)CC3)n(-c3ccccc3)c(=O)c2[nH]1. The first-order valence-electron chi connectivity index (χ1n) is 11.4. The minimum absolute atomic E-state index is 0.0727. The Bertz CT molecular complexity index is 1340. The second-order valence-electron chi connectivity index (χ2n) is 8.51. The first kappa shape index (κ1) is 22.4. The zero-order valence-corrected chi connectivity index (χ0v) is 19.9. The molecule has 1 amide bonds. The molecule has 4 aromatic rings. The maximum atomic E-state index is 13.3. The van der Waals surface area contributed by atoms with Gasteiger partial charge in [0.15, 0.2) is 5.16 Å². The lowest BCUT2D eigenvalue weighted by molar-refractivity contribution is -0.130. The summed E-state index contributed by atoms with van der Waals surface area (Å²) in [5.74, 6) is 0.316. The third-order valence-corrected chi connectivity index (χ3v) is 6.99. The molecule has 1 N–H and O–H groups in total. The molecule has 0 unspecified atom stereocenters. The number of hydrogen-bond acceptors (Lipinski definition) is 5. The normalized spacial score (nSPS) is 14.6. The lowest BCUT2D eigenvalue weighted by atomic mass is 10.2. The van der Waals surface area contributed by atoms with Gasteiger partial charge in [0.1, 0.15) is 5.52 Å². The summed E-state index contributed by atoms with van der Waals surface area (Å²) < 4.78 is 1.59. The van der Waals surface area contributed by atoms with Crippen LogP contribution in [0.4, 0.5) is 0 Å². The van der Waals surface area contributed by atoms with E-state index in [1.165, 1.54) is 17.3 Å². The summed E-state index contributed by atoms with van der Waals surface area (Å²) in [5.41, 5.74) is 3.85. The summed E-state index contributed by atoms with van der Waals surface area (Å²) in [6.07, 6.45) is 0. The van der Waals surface area contributed by atoms with Gasteiger partial charge >= 0.3 is 0 Å². The van der Waals surface area contributed by atoms with Gasteiger partial charge < -0.3 is 9.88 Å². The molecule has 34 heavy (non-hydrogen) atoms. The minimum Gasteiger partial charge on any atom is -0.353 e. The number of piperazine rings is 1. The maximum absolute atomic E-state index is 13.3. The first-order chi connectivity index (χ1) is 16.6. The monoisotopic (exact) mass is 473 g/mol. The van der Waals surface area contributed by atoms with Gasteiger partial charge in [0.2, 0.25) is 5.91 Å². The van der Waals surface area contributed by atoms with Crippen LogP contribution in [0.25, 0.3) is 16.7 Å². The highest BCUT2D eigenvalue weighted by molar-refractivity contribution is 7.99. The molecule has 3 heterocycles. The lowest BCUT2D eigenvalue weighted by Crippen LogP contribution is -2.48. The highest BCUT2D eigenvalue weighted by Crippen LogP contribution is 2.22. The van der Waals surface area contributed by atoms with Gasteiger partial charge in [-0.3, -0.25) is 19.1 Å². The lowest BCUT2D eigenvalue weighted by Gasteiger charge is -2.34. The highest BCUT2D eigenvalue weighted by Gasteiger charge is 2.22. The fourth-order valence-corrected chi connectivity index (χ4v) is 5.21. The highest BCUT2D eigenvalue weighted by atomic mass is 32.2. The van der Waals surface area contributed by atoms with Crippen LogP contribution >= 0.6 is 11.8 Å². The van der Waals surface area contributed by atoms with Gasteiger partial charge in [-0.15, -0.1) is 0 Å². The minimum atomic E-state index is -0.159. The van der Waals surface area contributed by atoms with Crippen LogP contribution in [-0.2, 0) is 11.3 Å². The Morgan fingerprint density at radius 3 is 2.38 bits per heavy atom. The molecule has 0 aliphatic carbocycles. The van der Waals surface area contributed by atoms with Crippen LogP contribution in [0.5, 0.6) is 0 Å². The summed E-state index contributed by atoms with van der Waals surface area (Å²) >= 11 is 1.32. The number of nitrogens with one attached hydrogen (secondary N) is 1. The Labute approximate surface area is 202 Å². The molecule has 0 bridgehead atoms. The summed E-state index contributed by atoms with van der Waals surface area (Å²) in [6, 6.07) is 21.7. The predicted molar refractivity (Wildman–Crippen MR) is 135 cm³/mol. The summed E-state index contributed by atoms with van der Waals surface area (Å²) in [6.45, 7) is 5.94. The molecule has 0 saturated carbocycles. The number of hydrogen-bond donors (Lipinski definition) is 1. The van der Waals surface area contributed by atoms with Crippen LogP contribution in [0, 0.1) is 6.92 Å². The summed E-state index contributed by atoms with van der Waals surface area (Å²) in [5, 5.41) is 0.527. The van der Waals surface area contributed by atoms with Crippen molar-refractivity contribution >= 4 is 28.7 Å². The quantitative estimate of drug-likeness (QED) is 0.343. The van der Waals surface area contributed by atoms with Crippen LogP contribution < -0.4 is 5.56 Å². The number of nitrogens with zero attached hydrogens (tertiary/aromatic N) is 4. The molecule has 7 nitrogen and oxygen atoms in total. The molecule has 1 aliphatic rings. The van der Waals surface area contributed by atoms with Crippen molar-refractivity contribution in [3.63, 3.8) is 0 Å². The Balaban J connectivity index is 1.28. The van der Waals surface area contributed by atoms with Crippen LogP contribution in [0.2, 0.25) is 0 Å². The van der Waals surface area contributed by atoms with Crippen molar-refractivity contribution in [3.05, 3.63) is 88.3 Å². The number of carbonyl (C=O) groups excluding carboxylic acids is 1. The summed E-state index contributed by atoms with van der Waals surface area (Å²) in [4.78, 5) is 38.4. The topological polar surface area (TPSA) is 74.2 Å². The van der Waals surface area contributed by atoms with Gasteiger partial charge in [0.25, 0.3) is 5.56 Å². The molecule has 174 valence electrons. The summed E-state index contributed by atoms with van der Waals surface area (Å²) in [7, 11) is 0. The Kier molecular flexibility index (Phi) is 6.51. The fraction of sp³-hybridized carbons (Fsp3) is 0.269. The maximum Gasteiger partial charge on any atom is 0.283 e. The second kappa shape index (κ2) is 9.87. The largest absolute Gasteiger partial charge is 0.353 e. The molecule has 1 saturated heterocycles. The molecule has 8 heteroatoms. The fourth-order valence-electron chi connectivity index (χ4n) is 4.29. The Morgan fingerprint density at radius 2 is 1.68 bits per heavy atom. The van der Waals surface area contributed by atoms with E-state index in [4.69, 9.17) is 4.98 Å². The van der Waals surface area contributed by atoms with Crippen molar-refractivity contribution in [2.45, 2.75) is 18.6 Å². The molecule has 2 aromatic carbocycles. The third-order valence-electron chi connectivity index (χ3n) is 6.07. The first-order valence-corrected chi connectivity index (χ1v) is 12.4. The molecule has 0 spiro atoms. The molecule has 0 radical (unpaired) electrons. The Morgan fingerprint density at radius 1 is 1.00 bits per heavy atom. The van der Waals surface area contributed by atoms with E-state index >= 15 is 0 Å². The standard InChI is InChI=1S/C26H27N5O2S/c1-19-16-22-24(27-19)25(33)31(21-10-6-3-7-11-21)26(28-22)34-18-23(32)30-14-12-29(13-15-30)17-20-8-4-2-5-9-20/h2-11,16,27H,12-15,17-18H2,1H3. The number of fused-ring (bicyclic) bond motifs is 1. The van der Waals surface area contributed by atoms with Crippen LogP contribution in [0.1, 0.15) is 11.3 Å². The molecular weight excluding hydrogens is 446 g/mol. The molecule has 5 rings (SSSR count). The smallest absolute Gasteiger partial charge is 0.283 e. The average molecular weight is 474 g/mol. The second-order valence-corrected chi connectivity index (χ2v) is 9.46. The number of H-pyrrole nitrogens is 1. The van der Waals surface area contributed by atoms with Crippen LogP contribution in [0.15, 0.2) is 76.7 Å². The number of aromatic amines is 1.